The van der Waals surface area contributed by atoms with E-state index in [9.17, 15) is 18.0 Å². The van der Waals surface area contributed by atoms with Gasteiger partial charge in [0.05, 0.1) is 16.3 Å². The number of carbonyl (C=O) groups is 2. The normalized spacial score (nSPS) is 13.3. The summed E-state index contributed by atoms with van der Waals surface area (Å²) in [6, 6.07) is 16.4. The Kier molecular flexibility index (Phi) is 11.4. The number of hydrogen-bond donors (Lipinski definition) is 3. The molecule has 1 fully saturated rings. The van der Waals surface area contributed by atoms with Crippen LogP contribution in [0.15, 0.2) is 84.1 Å². The van der Waals surface area contributed by atoms with Crippen LogP contribution in [0, 0.1) is 11.8 Å². The lowest BCUT2D eigenvalue weighted by atomic mass is 10.1. The Morgan fingerprint density at radius 3 is 2.47 bits per heavy atom. The second-order valence-electron chi connectivity index (χ2n) is 11.4. The van der Waals surface area contributed by atoms with Crippen LogP contribution in [-0.4, -0.2) is 72.7 Å². The minimum absolute atomic E-state index is 0.0305. The minimum Gasteiger partial charge on any atom is -0.351 e. The predicted octanol–water partition coefficient (Wildman–Crippen LogP) is 3.77. The van der Waals surface area contributed by atoms with E-state index in [0.717, 1.165) is 25.2 Å². The Labute approximate surface area is 275 Å². The average molecular weight is 654 g/mol. The molecule has 4 aromatic rings. The molecule has 0 radical (unpaired) electrons. The fourth-order valence-electron chi connectivity index (χ4n) is 5.29. The monoisotopic (exact) mass is 653 g/mol. The summed E-state index contributed by atoms with van der Waals surface area (Å²) in [6.45, 7) is 3.97. The average Bonchev–Trinajstić information content (AvgIpc) is 3.48. The van der Waals surface area contributed by atoms with Crippen LogP contribution < -0.4 is 16.0 Å². The van der Waals surface area contributed by atoms with Crippen molar-refractivity contribution in [3.05, 3.63) is 107 Å². The number of aryl methyl sites for hydroxylation is 1. The highest BCUT2D eigenvalue weighted by molar-refractivity contribution is 7.90. The summed E-state index contributed by atoms with van der Waals surface area (Å²) >= 11 is 0. The third kappa shape index (κ3) is 10.00. The van der Waals surface area contributed by atoms with E-state index in [1.165, 1.54) is 31.4 Å². The molecular weight excluding hydrogens is 614 g/mol. The lowest BCUT2D eigenvalue weighted by Crippen LogP contribution is -2.37. The van der Waals surface area contributed by atoms with E-state index in [1.807, 2.05) is 12.1 Å². The van der Waals surface area contributed by atoms with E-state index in [4.69, 9.17) is 0 Å². The van der Waals surface area contributed by atoms with Gasteiger partial charge in [-0.2, -0.15) is 5.10 Å². The molecule has 0 unspecified atom stereocenters. The van der Waals surface area contributed by atoms with E-state index >= 15 is 0 Å². The van der Waals surface area contributed by atoms with Crippen LogP contribution in [0.3, 0.4) is 0 Å². The molecule has 11 nitrogen and oxygen atoms in total. The van der Waals surface area contributed by atoms with Crippen molar-refractivity contribution in [3.63, 3.8) is 0 Å². The second kappa shape index (κ2) is 16.0. The number of nitrogens with zero attached hydrogens (tertiary/aromatic N) is 4. The zero-order valence-corrected chi connectivity index (χ0v) is 27.2. The molecule has 0 atom stereocenters. The van der Waals surface area contributed by atoms with Crippen molar-refractivity contribution in [2.75, 3.05) is 38.0 Å². The number of aromatic nitrogens is 3. The number of rotatable bonds is 11. The summed E-state index contributed by atoms with van der Waals surface area (Å²) in [5.74, 6) is 5.55. The van der Waals surface area contributed by atoms with Gasteiger partial charge in [-0.15, -0.1) is 0 Å². The third-order valence-corrected chi connectivity index (χ3v) is 9.45. The number of carbonyl (C=O) groups excluding carboxylic acids is 2. The molecule has 1 aliphatic rings. The van der Waals surface area contributed by atoms with Gasteiger partial charge in [-0.3, -0.25) is 14.5 Å². The summed E-state index contributed by atoms with van der Waals surface area (Å²) in [5, 5.41) is 12.8. The van der Waals surface area contributed by atoms with Gasteiger partial charge in [0.25, 0.3) is 5.91 Å². The number of sulfone groups is 1. The second-order valence-corrected chi connectivity index (χ2v) is 13.4. The number of urea groups is 1. The maximum Gasteiger partial charge on any atom is 0.319 e. The van der Waals surface area contributed by atoms with Crippen LogP contribution in [-0.2, 0) is 29.1 Å². The first-order valence-corrected chi connectivity index (χ1v) is 17.3. The van der Waals surface area contributed by atoms with Crippen LogP contribution in [0.5, 0.6) is 0 Å². The van der Waals surface area contributed by atoms with Crippen molar-refractivity contribution in [1.29, 1.82) is 0 Å². The number of benzene rings is 2. The largest absolute Gasteiger partial charge is 0.351 e. The van der Waals surface area contributed by atoms with Crippen molar-refractivity contribution < 1.29 is 18.0 Å². The highest BCUT2D eigenvalue weighted by Crippen LogP contribution is 2.23. The Morgan fingerprint density at radius 1 is 0.936 bits per heavy atom. The molecule has 0 bridgehead atoms. The summed E-state index contributed by atoms with van der Waals surface area (Å²) in [6.07, 6.45) is 9.42. The van der Waals surface area contributed by atoms with Crippen LogP contribution >= 0.6 is 0 Å². The standard InChI is InChI=1S/C35H39N7O4S/c1-41-22-16-32(40-41)26-47(45,46)33-14-13-31(39-35(44)38-18-15-28-6-5-17-36-25-28)24-30(33)12-9-27-7-10-29(11-8-27)34(43)37-19-23-42-20-3-2-4-21-42/h5-8,10-11,13-14,16-17,22,24-25H,2-4,15,18-21,23,26H2,1H3,(H,37,43)(H2,38,39,44). The number of piperidine rings is 1. The van der Waals surface area contributed by atoms with Gasteiger partial charge in [0.2, 0.25) is 0 Å². The fourth-order valence-corrected chi connectivity index (χ4v) is 6.71. The van der Waals surface area contributed by atoms with Crippen molar-refractivity contribution in [3.8, 4) is 11.8 Å². The number of hydrogen-bond acceptors (Lipinski definition) is 7. The fraction of sp³-hybridized carbons (Fsp3) is 0.314. The van der Waals surface area contributed by atoms with Crippen LogP contribution in [0.25, 0.3) is 0 Å². The highest BCUT2D eigenvalue weighted by atomic mass is 32.2. The summed E-state index contributed by atoms with van der Waals surface area (Å²) in [7, 11) is -2.11. The number of likely N-dealkylation sites (tertiary alicyclic amines) is 1. The summed E-state index contributed by atoms with van der Waals surface area (Å²) in [5.41, 5.74) is 3.15. The molecule has 1 aliphatic heterocycles. The van der Waals surface area contributed by atoms with Gasteiger partial charge in [0, 0.05) is 67.7 Å². The van der Waals surface area contributed by atoms with E-state index < -0.39 is 15.9 Å². The van der Waals surface area contributed by atoms with Gasteiger partial charge in [-0.25, -0.2) is 13.2 Å². The van der Waals surface area contributed by atoms with Gasteiger partial charge in [0.15, 0.2) is 9.84 Å². The minimum atomic E-state index is -3.83. The molecule has 2 aromatic heterocycles. The van der Waals surface area contributed by atoms with Gasteiger partial charge >= 0.3 is 6.03 Å². The van der Waals surface area contributed by atoms with Crippen molar-refractivity contribution >= 4 is 27.5 Å². The summed E-state index contributed by atoms with van der Waals surface area (Å²) < 4.78 is 28.5. The quantitative estimate of drug-likeness (QED) is 0.210. The van der Waals surface area contributed by atoms with Crippen LogP contribution in [0.2, 0.25) is 0 Å². The SMILES string of the molecule is Cn1ccc(CS(=O)(=O)c2ccc(NC(=O)NCCc3cccnc3)cc2C#Cc2ccc(C(=O)NCCN3CCCCC3)cc2)n1. The Hall–Kier alpha value is -4.99. The lowest BCUT2D eigenvalue weighted by molar-refractivity contribution is 0.0946. The first kappa shape index (κ1) is 33.4. The molecule has 12 heteroatoms. The third-order valence-electron chi connectivity index (χ3n) is 7.75. The molecule has 1 saturated heterocycles. The predicted molar refractivity (Wildman–Crippen MR) is 181 cm³/mol. The Bertz CT molecular complexity index is 1840. The van der Waals surface area contributed by atoms with Crippen molar-refractivity contribution in [1.82, 2.24) is 30.3 Å². The van der Waals surface area contributed by atoms with Gasteiger partial charge in [-0.05, 0) is 92.5 Å². The zero-order chi connectivity index (χ0) is 33.1. The molecule has 3 heterocycles. The molecule has 3 N–H and O–H groups in total. The number of anilines is 1. The Morgan fingerprint density at radius 2 is 1.74 bits per heavy atom. The molecule has 0 saturated carbocycles. The Balaban J connectivity index is 1.28. The summed E-state index contributed by atoms with van der Waals surface area (Å²) in [4.78, 5) is 31.8. The first-order chi connectivity index (χ1) is 22.7. The molecule has 0 aliphatic carbocycles. The smallest absolute Gasteiger partial charge is 0.319 e. The molecule has 47 heavy (non-hydrogen) atoms. The van der Waals surface area contributed by atoms with Crippen molar-refractivity contribution in [2.24, 2.45) is 7.05 Å². The topological polar surface area (TPSA) is 138 Å². The molecule has 244 valence electrons. The number of nitrogens with one attached hydrogen (secondary N) is 3. The van der Waals surface area contributed by atoms with E-state index in [2.05, 4.69) is 42.8 Å². The molecule has 2 aromatic carbocycles. The van der Waals surface area contributed by atoms with E-state index in [0.29, 0.717) is 42.0 Å². The number of pyridine rings is 1. The molecule has 3 amide bonds. The molecular formula is C35H39N7O4S. The van der Waals surface area contributed by atoms with Crippen molar-refractivity contribution in [2.45, 2.75) is 36.3 Å². The van der Waals surface area contributed by atoms with Gasteiger partial charge in [0.1, 0.15) is 0 Å². The lowest BCUT2D eigenvalue weighted by Gasteiger charge is -2.26. The van der Waals surface area contributed by atoms with E-state index in [-0.39, 0.29) is 22.1 Å². The van der Waals surface area contributed by atoms with E-state index in [1.54, 1.807) is 66.7 Å². The number of amides is 3. The maximum atomic E-state index is 13.5. The molecule has 0 spiro atoms. The zero-order valence-electron chi connectivity index (χ0n) is 26.4. The van der Waals surface area contributed by atoms with Gasteiger partial charge in [-0.1, -0.05) is 24.3 Å². The highest BCUT2D eigenvalue weighted by Gasteiger charge is 2.21. The van der Waals surface area contributed by atoms with Crippen LogP contribution in [0.4, 0.5) is 10.5 Å². The van der Waals surface area contributed by atoms with Gasteiger partial charge < -0.3 is 20.9 Å². The van der Waals surface area contributed by atoms with Crippen LogP contribution in [0.1, 0.15) is 52.0 Å². The molecule has 5 rings (SSSR count). The maximum absolute atomic E-state index is 13.5. The first-order valence-electron chi connectivity index (χ1n) is 15.7.